The van der Waals surface area contributed by atoms with Gasteiger partial charge in [0.2, 0.25) is 0 Å². The first-order valence-corrected chi connectivity index (χ1v) is 9.36. The first-order chi connectivity index (χ1) is 10.7. The van der Waals surface area contributed by atoms with Gasteiger partial charge in [-0.2, -0.15) is 11.3 Å². The molecule has 6 heteroatoms. The zero-order valence-corrected chi connectivity index (χ0v) is 17.7. The summed E-state index contributed by atoms with van der Waals surface area (Å²) < 4.78 is 0. The van der Waals surface area contributed by atoms with E-state index in [9.17, 15) is 0 Å². The van der Waals surface area contributed by atoms with Gasteiger partial charge in [0, 0.05) is 32.1 Å². The maximum atomic E-state index is 4.76. The quantitative estimate of drug-likeness (QED) is 0.397. The minimum Gasteiger partial charge on any atom is -0.357 e. The van der Waals surface area contributed by atoms with Crippen molar-refractivity contribution in [2.75, 3.05) is 39.8 Å². The maximum Gasteiger partial charge on any atom is 0.191 e. The molecule has 1 aliphatic heterocycles. The van der Waals surface area contributed by atoms with E-state index >= 15 is 0 Å². The predicted molar refractivity (Wildman–Crippen MR) is 112 cm³/mol. The molecule has 0 bridgehead atoms. The van der Waals surface area contributed by atoms with Crippen LogP contribution < -0.4 is 10.6 Å². The Morgan fingerprint density at radius 3 is 2.96 bits per heavy atom. The van der Waals surface area contributed by atoms with E-state index in [-0.39, 0.29) is 24.0 Å². The van der Waals surface area contributed by atoms with Crippen molar-refractivity contribution >= 4 is 41.3 Å². The number of rotatable bonds is 6. The molecule has 132 valence electrons. The lowest BCUT2D eigenvalue weighted by Crippen LogP contribution is -2.43. The first kappa shape index (κ1) is 20.7. The van der Waals surface area contributed by atoms with Gasteiger partial charge in [-0.3, -0.25) is 4.99 Å². The number of nitrogens with one attached hydrogen (secondary N) is 2. The third-order valence-electron chi connectivity index (χ3n) is 4.26. The Balaban J connectivity index is 0.00000264. The summed E-state index contributed by atoms with van der Waals surface area (Å²) in [5.41, 5.74) is 1.39. The molecule has 1 aromatic rings. The third kappa shape index (κ3) is 7.39. The molecule has 0 saturated carbocycles. The highest BCUT2D eigenvalue weighted by molar-refractivity contribution is 14.0. The highest BCUT2D eigenvalue weighted by Gasteiger charge is 2.17. The number of piperidine rings is 1. The standard InChI is InChI=1S/C17H30N4S.HI/c1-4-18-17(19-10-14(2)16-7-9-22-13-16)20-11-15-6-5-8-21(3)12-15;/h7,9,13-15H,4-6,8,10-12H2,1-3H3,(H2,18,19,20);1H. The van der Waals surface area contributed by atoms with E-state index in [0.29, 0.717) is 5.92 Å². The summed E-state index contributed by atoms with van der Waals surface area (Å²) in [6, 6.07) is 2.20. The van der Waals surface area contributed by atoms with Crippen molar-refractivity contribution < 1.29 is 0 Å². The van der Waals surface area contributed by atoms with Gasteiger partial charge in [0.25, 0.3) is 0 Å². The van der Waals surface area contributed by atoms with Gasteiger partial charge in [-0.05, 0) is 61.7 Å². The van der Waals surface area contributed by atoms with Gasteiger partial charge in [-0.25, -0.2) is 0 Å². The molecule has 1 fully saturated rings. The van der Waals surface area contributed by atoms with E-state index in [2.05, 4.69) is 53.3 Å². The highest BCUT2D eigenvalue weighted by Crippen LogP contribution is 2.18. The molecule has 2 heterocycles. The van der Waals surface area contributed by atoms with Crippen LogP contribution in [0.25, 0.3) is 0 Å². The molecular formula is C17H31IN4S. The smallest absolute Gasteiger partial charge is 0.191 e. The fraction of sp³-hybridized carbons (Fsp3) is 0.706. The second kappa shape index (κ2) is 11.3. The van der Waals surface area contributed by atoms with Crippen LogP contribution in [0.3, 0.4) is 0 Å². The van der Waals surface area contributed by atoms with E-state index in [0.717, 1.165) is 31.5 Å². The highest BCUT2D eigenvalue weighted by atomic mass is 127. The van der Waals surface area contributed by atoms with E-state index in [1.54, 1.807) is 11.3 Å². The van der Waals surface area contributed by atoms with Crippen LogP contribution in [0.2, 0.25) is 0 Å². The molecule has 4 nitrogen and oxygen atoms in total. The molecule has 2 unspecified atom stereocenters. The maximum absolute atomic E-state index is 4.76. The molecule has 2 rings (SSSR count). The summed E-state index contributed by atoms with van der Waals surface area (Å²) in [6.45, 7) is 9.54. The zero-order chi connectivity index (χ0) is 15.8. The number of guanidine groups is 1. The lowest BCUT2D eigenvalue weighted by Gasteiger charge is -2.30. The van der Waals surface area contributed by atoms with Crippen LogP contribution >= 0.6 is 35.3 Å². The van der Waals surface area contributed by atoms with Gasteiger partial charge >= 0.3 is 0 Å². The average molecular weight is 450 g/mol. The number of likely N-dealkylation sites (tertiary alicyclic amines) is 1. The van der Waals surface area contributed by atoms with Crippen LogP contribution in [0.1, 0.15) is 38.2 Å². The summed E-state index contributed by atoms with van der Waals surface area (Å²) in [7, 11) is 2.22. The first-order valence-electron chi connectivity index (χ1n) is 8.41. The Hall–Kier alpha value is -0.340. The molecule has 0 spiro atoms. The molecule has 1 aromatic heterocycles. The second-order valence-corrected chi connectivity index (χ2v) is 7.11. The molecular weight excluding hydrogens is 419 g/mol. The fourth-order valence-corrected chi connectivity index (χ4v) is 3.69. The largest absolute Gasteiger partial charge is 0.357 e. The third-order valence-corrected chi connectivity index (χ3v) is 4.96. The normalized spacial score (nSPS) is 20.7. The molecule has 2 atom stereocenters. The number of hydrogen-bond donors (Lipinski definition) is 2. The Kier molecular flexibility index (Phi) is 10.1. The Labute approximate surface area is 162 Å². The van der Waals surface area contributed by atoms with E-state index in [1.807, 2.05) is 0 Å². The van der Waals surface area contributed by atoms with Gasteiger partial charge in [0.1, 0.15) is 0 Å². The van der Waals surface area contributed by atoms with Gasteiger partial charge in [-0.1, -0.05) is 6.92 Å². The van der Waals surface area contributed by atoms with Crippen molar-refractivity contribution in [3.05, 3.63) is 22.4 Å². The summed E-state index contributed by atoms with van der Waals surface area (Å²) >= 11 is 1.76. The van der Waals surface area contributed by atoms with Crippen molar-refractivity contribution in [2.24, 2.45) is 10.9 Å². The van der Waals surface area contributed by atoms with Crippen LogP contribution in [0.4, 0.5) is 0 Å². The van der Waals surface area contributed by atoms with Crippen LogP contribution in [0.5, 0.6) is 0 Å². The van der Waals surface area contributed by atoms with E-state index in [1.165, 1.54) is 31.5 Å². The minimum absolute atomic E-state index is 0. The number of thiophene rings is 1. The molecule has 23 heavy (non-hydrogen) atoms. The lowest BCUT2D eigenvalue weighted by atomic mass is 9.99. The number of nitrogens with zero attached hydrogens (tertiary/aromatic N) is 2. The molecule has 0 amide bonds. The Morgan fingerprint density at radius 2 is 2.30 bits per heavy atom. The summed E-state index contributed by atoms with van der Waals surface area (Å²) in [4.78, 5) is 7.19. The molecule has 0 aromatic carbocycles. The topological polar surface area (TPSA) is 39.7 Å². The molecule has 0 aliphatic carbocycles. The van der Waals surface area contributed by atoms with Crippen LogP contribution in [-0.4, -0.2) is 50.6 Å². The predicted octanol–water partition coefficient (Wildman–Crippen LogP) is 3.37. The molecule has 1 saturated heterocycles. The Morgan fingerprint density at radius 1 is 1.48 bits per heavy atom. The number of hydrogen-bond acceptors (Lipinski definition) is 3. The molecule has 1 aliphatic rings. The SMILES string of the molecule is CCNC(=NCC(C)c1ccsc1)NCC1CCCN(C)C1.I. The number of aliphatic imine (C=N–C) groups is 1. The second-order valence-electron chi connectivity index (χ2n) is 6.33. The van der Waals surface area contributed by atoms with Crippen molar-refractivity contribution in [3.8, 4) is 0 Å². The van der Waals surface area contributed by atoms with Gasteiger partial charge in [0.15, 0.2) is 5.96 Å². The van der Waals surface area contributed by atoms with Crippen LogP contribution in [-0.2, 0) is 0 Å². The number of halogens is 1. The zero-order valence-electron chi connectivity index (χ0n) is 14.5. The minimum atomic E-state index is 0. The van der Waals surface area contributed by atoms with Crippen molar-refractivity contribution in [3.63, 3.8) is 0 Å². The van der Waals surface area contributed by atoms with Crippen molar-refractivity contribution in [1.82, 2.24) is 15.5 Å². The van der Waals surface area contributed by atoms with Gasteiger partial charge in [-0.15, -0.1) is 24.0 Å². The molecule has 0 radical (unpaired) electrons. The fourth-order valence-electron chi connectivity index (χ4n) is 2.91. The summed E-state index contributed by atoms with van der Waals surface area (Å²) in [5, 5.41) is 11.2. The average Bonchev–Trinajstić information content (AvgIpc) is 3.04. The monoisotopic (exact) mass is 450 g/mol. The van der Waals surface area contributed by atoms with Crippen molar-refractivity contribution in [2.45, 2.75) is 32.6 Å². The summed E-state index contributed by atoms with van der Waals surface area (Å²) in [5.74, 6) is 2.16. The lowest BCUT2D eigenvalue weighted by molar-refractivity contribution is 0.210. The van der Waals surface area contributed by atoms with Gasteiger partial charge < -0.3 is 15.5 Å². The van der Waals surface area contributed by atoms with Crippen LogP contribution in [0.15, 0.2) is 21.8 Å². The van der Waals surface area contributed by atoms with Gasteiger partial charge in [0.05, 0.1) is 0 Å². The Bertz CT molecular complexity index is 449. The van der Waals surface area contributed by atoms with E-state index < -0.39 is 0 Å². The van der Waals surface area contributed by atoms with E-state index in [4.69, 9.17) is 4.99 Å². The van der Waals surface area contributed by atoms with Crippen LogP contribution in [0, 0.1) is 5.92 Å². The molecule has 2 N–H and O–H groups in total. The van der Waals surface area contributed by atoms with Crippen molar-refractivity contribution in [1.29, 1.82) is 0 Å². The summed E-state index contributed by atoms with van der Waals surface area (Å²) in [6.07, 6.45) is 2.63.